The maximum Gasteiger partial charge on any atom is 0.305 e. The number of hydrogen-bond donors (Lipinski definition) is 1. The molecule has 1 amide bonds. The van der Waals surface area contributed by atoms with Gasteiger partial charge < -0.3 is 14.7 Å². The molecule has 2 atom stereocenters. The summed E-state index contributed by atoms with van der Waals surface area (Å²) in [6.45, 7) is 12.2. The lowest BCUT2D eigenvalue weighted by Gasteiger charge is -2.44. The van der Waals surface area contributed by atoms with Crippen molar-refractivity contribution < 1.29 is 19.4 Å². The second kappa shape index (κ2) is 16.0. The van der Waals surface area contributed by atoms with Crippen molar-refractivity contribution in [2.24, 2.45) is 0 Å². The number of benzene rings is 3. The Kier molecular flexibility index (Phi) is 11.6. The molecule has 2 fully saturated rings. The van der Waals surface area contributed by atoms with Crippen LogP contribution in [0.5, 0.6) is 5.75 Å². The molecule has 5 rings (SSSR count). The Morgan fingerprint density at radius 2 is 1.56 bits per heavy atom. The molecule has 3 aromatic carbocycles. The second-order valence-corrected chi connectivity index (χ2v) is 12.3. The second-order valence-electron chi connectivity index (χ2n) is 12.3. The summed E-state index contributed by atoms with van der Waals surface area (Å²) < 4.78 is 5.02. The van der Waals surface area contributed by atoms with Crippen LogP contribution in [0, 0.1) is 0 Å². The van der Waals surface area contributed by atoms with E-state index in [4.69, 9.17) is 4.74 Å². The van der Waals surface area contributed by atoms with Gasteiger partial charge in [0.05, 0.1) is 12.6 Å². The number of piperazine rings is 2. The SMILES string of the molecule is CCOC(=O)CCCCN1CCN(C(=O)c2cccc(C(c3cccc(O)c3)N3CCN(Cc4ccccc4)CC3C)c2)CC1. The Balaban J connectivity index is 1.24. The number of hydrogen-bond acceptors (Lipinski definition) is 7. The molecule has 0 bridgehead atoms. The van der Waals surface area contributed by atoms with E-state index < -0.39 is 0 Å². The van der Waals surface area contributed by atoms with Crippen LogP contribution in [0.25, 0.3) is 0 Å². The van der Waals surface area contributed by atoms with Gasteiger partial charge in [0.2, 0.25) is 0 Å². The number of nitrogens with zero attached hydrogens (tertiary/aromatic N) is 4. The third kappa shape index (κ3) is 8.93. The van der Waals surface area contributed by atoms with E-state index in [0.717, 1.165) is 69.8 Å². The number of esters is 1. The molecule has 0 saturated carbocycles. The van der Waals surface area contributed by atoms with Gasteiger partial charge in [-0.2, -0.15) is 0 Å². The van der Waals surface area contributed by atoms with E-state index in [1.807, 2.05) is 36.1 Å². The fourth-order valence-electron chi connectivity index (χ4n) is 6.72. The highest BCUT2D eigenvalue weighted by Gasteiger charge is 2.32. The summed E-state index contributed by atoms with van der Waals surface area (Å²) >= 11 is 0. The topological polar surface area (TPSA) is 76.6 Å². The maximum atomic E-state index is 13.7. The van der Waals surface area contributed by atoms with Gasteiger partial charge in [-0.1, -0.05) is 54.6 Å². The van der Waals surface area contributed by atoms with Gasteiger partial charge in [-0.25, -0.2) is 0 Å². The first kappa shape index (κ1) is 32.7. The molecule has 1 N–H and O–H groups in total. The minimum Gasteiger partial charge on any atom is -0.508 e. The quantitative estimate of drug-likeness (QED) is 0.223. The van der Waals surface area contributed by atoms with Crippen LogP contribution in [0.2, 0.25) is 0 Å². The molecule has 8 heteroatoms. The number of carbonyl (C=O) groups is 2. The molecular formula is C37H48N4O4. The van der Waals surface area contributed by atoms with Crippen molar-refractivity contribution in [1.82, 2.24) is 19.6 Å². The van der Waals surface area contributed by atoms with E-state index in [1.54, 1.807) is 6.07 Å². The summed E-state index contributed by atoms with van der Waals surface area (Å²) in [6.07, 6.45) is 2.24. The summed E-state index contributed by atoms with van der Waals surface area (Å²) in [6, 6.07) is 26.4. The number of ether oxygens (including phenoxy) is 1. The molecule has 240 valence electrons. The van der Waals surface area contributed by atoms with E-state index in [0.29, 0.717) is 31.7 Å². The molecule has 3 aromatic rings. The van der Waals surface area contributed by atoms with Gasteiger partial charge in [-0.3, -0.25) is 24.3 Å². The average Bonchev–Trinajstić information content (AvgIpc) is 3.05. The molecule has 2 unspecified atom stereocenters. The van der Waals surface area contributed by atoms with Gasteiger partial charge in [0.25, 0.3) is 5.91 Å². The van der Waals surface area contributed by atoms with Crippen molar-refractivity contribution in [2.45, 2.75) is 51.7 Å². The first-order chi connectivity index (χ1) is 21.9. The number of rotatable bonds is 12. The minimum atomic E-state index is -0.124. The minimum absolute atomic E-state index is 0.0641. The van der Waals surface area contributed by atoms with Crippen molar-refractivity contribution >= 4 is 11.9 Å². The van der Waals surface area contributed by atoms with Crippen LogP contribution in [0.15, 0.2) is 78.9 Å². The van der Waals surface area contributed by atoms with E-state index >= 15 is 0 Å². The lowest BCUT2D eigenvalue weighted by atomic mass is 9.93. The largest absolute Gasteiger partial charge is 0.508 e. The molecule has 2 heterocycles. The third-order valence-corrected chi connectivity index (χ3v) is 9.05. The van der Waals surface area contributed by atoms with Crippen LogP contribution >= 0.6 is 0 Å². The Morgan fingerprint density at radius 1 is 0.844 bits per heavy atom. The zero-order valence-corrected chi connectivity index (χ0v) is 26.8. The fraction of sp³-hybridized carbons (Fsp3) is 0.459. The first-order valence-corrected chi connectivity index (χ1v) is 16.5. The van der Waals surface area contributed by atoms with E-state index in [1.165, 1.54) is 5.56 Å². The monoisotopic (exact) mass is 612 g/mol. The predicted molar refractivity (Wildman–Crippen MR) is 177 cm³/mol. The van der Waals surface area contributed by atoms with Crippen LogP contribution < -0.4 is 0 Å². The molecule has 2 aliphatic heterocycles. The standard InChI is InChI=1S/C37H48N4O4/c1-3-45-35(43)17-7-8-18-38-19-22-40(23-20-38)37(44)33-15-9-13-31(25-33)36(32-14-10-16-34(42)26-32)41-24-21-39(27-29(41)2)28-30-11-5-4-6-12-30/h4-6,9-16,25-26,29,36,42H,3,7-8,17-24,27-28H2,1-2H3. The van der Waals surface area contributed by atoms with Gasteiger partial charge in [0.1, 0.15) is 5.75 Å². The van der Waals surface area contributed by atoms with Crippen LogP contribution in [0.3, 0.4) is 0 Å². The van der Waals surface area contributed by atoms with Gasteiger partial charge in [-0.05, 0) is 74.2 Å². The molecular weight excluding hydrogens is 564 g/mol. The third-order valence-electron chi connectivity index (χ3n) is 9.05. The number of aromatic hydroxyl groups is 1. The van der Waals surface area contributed by atoms with Crippen molar-refractivity contribution in [3.8, 4) is 5.75 Å². The normalized spacial score (nSPS) is 18.9. The smallest absolute Gasteiger partial charge is 0.305 e. The van der Waals surface area contributed by atoms with Crippen molar-refractivity contribution in [1.29, 1.82) is 0 Å². The highest BCUT2D eigenvalue weighted by molar-refractivity contribution is 5.94. The lowest BCUT2D eigenvalue weighted by Crippen LogP contribution is -2.52. The summed E-state index contributed by atoms with van der Waals surface area (Å²) in [5, 5.41) is 10.4. The molecule has 0 spiro atoms. The fourth-order valence-corrected chi connectivity index (χ4v) is 6.72. The molecule has 0 aromatic heterocycles. The van der Waals surface area contributed by atoms with Gasteiger partial charge in [0.15, 0.2) is 0 Å². The van der Waals surface area contributed by atoms with Crippen LogP contribution in [0.1, 0.15) is 66.2 Å². The summed E-state index contributed by atoms with van der Waals surface area (Å²) in [7, 11) is 0. The predicted octanol–water partition coefficient (Wildman–Crippen LogP) is 5.18. The van der Waals surface area contributed by atoms with E-state index in [-0.39, 0.29) is 29.7 Å². The lowest BCUT2D eigenvalue weighted by molar-refractivity contribution is -0.143. The number of phenolic OH excluding ortho intramolecular Hbond substituents is 1. The maximum absolute atomic E-state index is 13.7. The number of unbranched alkanes of at least 4 members (excludes halogenated alkanes) is 1. The Morgan fingerprint density at radius 3 is 2.27 bits per heavy atom. The number of amides is 1. The highest BCUT2D eigenvalue weighted by atomic mass is 16.5. The Labute approximate surface area is 268 Å². The van der Waals surface area contributed by atoms with E-state index in [2.05, 4.69) is 70.2 Å². The molecule has 0 aliphatic carbocycles. The number of phenols is 1. The van der Waals surface area contributed by atoms with Gasteiger partial charge in [0, 0.05) is 70.4 Å². The summed E-state index contributed by atoms with van der Waals surface area (Å²) in [5.41, 5.74) is 4.12. The van der Waals surface area contributed by atoms with Gasteiger partial charge >= 0.3 is 5.97 Å². The first-order valence-electron chi connectivity index (χ1n) is 16.5. The van der Waals surface area contributed by atoms with Crippen molar-refractivity contribution in [3.05, 3.63) is 101 Å². The molecule has 0 radical (unpaired) electrons. The highest BCUT2D eigenvalue weighted by Crippen LogP contribution is 2.34. The molecule has 45 heavy (non-hydrogen) atoms. The Hall–Kier alpha value is -3.72. The zero-order valence-electron chi connectivity index (χ0n) is 26.8. The van der Waals surface area contributed by atoms with Crippen LogP contribution in [-0.2, 0) is 16.1 Å². The summed E-state index contributed by atoms with van der Waals surface area (Å²) in [5.74, 6) is 0.189. The summed E-state index contributed by atoms with van der Waals surface area (Å²) in [4.78, 5) is 34.7. The molecule has 8 nitrogen and oxygen atoms in total. The van der Waals surface area contributed by atoms with Crippen molar-refractivity contribution in [2.75, 3.05) is 59.0 Å². The number of carbonyl (C=O) groups excluding carboxylic acids is 2. The molecule has 2 saturated heterocycles. The zero-order chi connectivity index (χ0) is 31.6. The Bertz CT molecular complexity index is 1390. The average molecular weight is 613 g/mol. The van der Waals surface area contributed by atoms with Crippen LogP contribution in [0.4, 0.5) is 0 Å². The van der Waals surface area contributed by atoms with Crippen molar-refractivity contribution in [3.63, 3.8) is 0 Å². The molecule has 2 aliphatic rings. The van der Waals surface area contributed by atoms with Gasteiger partial charge in [-0.15, -0.1) is 0 Å². The van der Waals surface area contributed by atoms with Crippen LogP contribution in [-0.4, -0.2) is 102 Å². The van der Waals surface area contributed by atoms with E-state index in [9.17, 15) is 14.7 Å².